The molecule has 0 aliphatic carbocycles. The average molecular weight is 411 g/mol. The smallest absolute Gasteiger partial charge is 0.117 e. The number of aromatic amines is 1. The molecule has 0 spiro atoms. The molecule has 0 aliphatic rings. The van der Waals surface area contributed by atoms with Gasteiger partial charge in [-0.15, -0.1) is 0 Å². The Morgan fingerprint density at radius 3 is 2.67 bits per heavy atom. The lowest BCUT2D eigenvalue weighted by molar-refractivity contribution is 0.911. The van der Waals surface area contributed by atoms with E-state index < -0.39 is 0 Å². The van der Waals surface area contributed by atoms with Crippen molar-refractivity contribution in [1.29, 1.82) is 0 Å². The van der Waals surface area contributed by atoms with Crippen LogP contribution in [0.5, 0.6) is 0 Å². The normalized spacial score (nSPS) is 10.6. The van der Waals surface area contributed by atoms with Crippen LogP contribution in [0.2, 0.25) is 5.02 Å². The topological polar surface area (TPSA) is 53.6 Å². The summed E-state index contributed by atoms with van der Waals surface area (Å²) in [7, 11) is 0. The molecule has 21 heavy (non-hydrogen) atoms. The molecule has 4 nitrogen and oxygen atoms in total. The van der Waals surface area contributed by atoms with Gasteiger partial charge in [-0.25, -0.2) is 0 Å². The lowest BCUT2D eigenvalue weighted by atomic mass is 10.1. The van der Waals surface area contributed by atoms with Crippen molar-refractivity contribution in [2.24, 2.45) is 0 Å². The molecule has 0 unspecified atom stereocenters. The summed E-state index contributed by atoms with van der Waals surface area (Å²) in [5.41, 5.74) is 3.64. The zero-order chi connectivity index (χ0) is 14.7. The highest BCUT2D eigenvalue weighted by Gasteiger charge is 2.10. The van der Waals surface area contributed by atoms with Crippen LogP contribution in [0, 0.1) is 3.57 Å². The molecule has 0 amide bonds. The predicted molar refractivity (Wildman–Crippen MR) is 93.3 cm³/mol. The minimum Gasteiger partial charge on any atom is -0.378 e. The van der Waals surface area contributed by atoms with Crippen LogP contribution >= 0.6 is 34.2 Å². The minimum atomic E-state index is 0.557. The molecule has 6 heteroatoms. The molecular formula is C15H12ClIN4. The van der Waals surface area contributed by atoms with Crippen LogP contribution in [0.1, 0.15) is 5.69 Å². The Hall–Kier alpha value is -1.60. The number of halogens is 2. The average Bonchev–Trinajstić information content (AvgIpc) is 2.96. The van der Waals surface area contributed by atoms with Crippen molar-refractivity contribution >= 4 is 39.9 Å². The Bertz CT molecular complexity index is 742. The number of anilines is 1. The van der Waals surface area contributed by atoms with Gasteiger partial charge in [-0.3, -0.25) is 0 Å². The molecule has 106 valence electrons. The number of nitrogens with zero attached hydrogens (tertiary/aromatic N) is 2. The van der Waals surface area contributed by atoms with Gasteiger partial charge in [0.1, 0.15) is 11.4 Å². The second-order valence-electron chi connectivity index (χ2n) is 4.46. The van der Waals surface area contributed by atoms with Crippen molar-refractivity contribution in [1.82, 2.24) is 15.4 Å². The number of aromatic nitrogens is 3. The van der Waals surface area contributed by atoms with Crippen molar-refractivity contribution in [3.63, 3.8) is 0 Å². The summed E-state index contributed by atoms with van der Waals surface area (Å²) in [4.78, 5) is 0. The number of hydrogen-bond donors (Lipinski definition) is 2. The highest BCUT2D eigenvalue weighted by molar-refractivity contribution is 14.1. The van der Waals surface area contributed by atoms with E-state index in [2.05, 4.69) is 43.3 Å². The second kappa shape index (κ2) is 6.44. The fraction of sp³-hybridized carbons (Fsp3) is 0.0667. The van der Waals surface area contributed by atoms with Gasteiger partial charge in [0.2, 0.25) is 0 Å². The van der Waals surface area contributed by atoms with Gasteiger partial charge in [0.05, 0.1) is 17.3 Å². The lowest BCUT2D eigenvalue weighted by Gasteiger charge is -2.08. The van der Waals surface area contributed by atoms with E-state index in [1.165, 1.54) is 0 Å². The number of H-pyrrole nitrogens is 1. The molecule has 0 saturated heterocycles. The van der Waals surface area contributed by atoms with Crippen LogP contribution in [0.25, 0.3) is 11.3 Å². The Morgan fingerprint density at radius 2 is 1.90 bits per heavy atom. The first-order valence-corrected chi connectivity index (χ1v) is 7.83. The second-order valence-corrected chi connectivity index (χ2v) is 6.12. The monoisotopic (exact) mass is 410 g/mol. The molecule has 0 aliphatic heterocycles. The van der Waals surface area contributed by atoms with Gasteiger partial charge in [-0.1, -0.05) is 41.9 Å². The summed E-state index contributed by atoms with van der Waals surface area (Å²) in [5.74, 6) is 0. The molecule has 0 saturated carbocycles. The van der Waals surface area contributed by atoms with Crippen LogP contribution in [-0.2, 0) is 6.54 Å². The molecule has 0 fully saturated rings. The molecule has 0 radical (unpaired) electrons. The van der Waals surface area contributed by atoms with Gasteiger partial charge in [0, 0.05) is 9.13 Å². The SMILES string of the molecule is Clc1cc(I)ccc1NCc1n[nH]nc1-c1ccccc1. The fourth-order valence-corrected chi connectivity index (χ4v) is 2.94. The van der Waals surface area contributed by atoms with Gasteiger partial charge < -0.3 is 5.32 Å². The maximum Gasteiger partial charge on any atom is 0.117 e. The molecule has 3 rings (SSSR count). The summed E-state index contributed by atoms with van der Waals surface area (Å²) >= 11 is 8.45. The summed E-state index contributed by atoms with van der Waals surface area (Å²) in [5, 5.41) is 15.1. The van der Waals surface area contributed by atoms with E-state index in [4.69, 9.17) is 11.6 Å². The Kier molecular flexibility index (Phi) is 4.40. The highest BCUT2D eigenvalue weighted by Crippen LogP contribution is 2.25. The first kappa shape index (κ1) is 14.3. The van der Waals surface area contributed by atoms with Crippen molar-refractivity contribution in [2.75, 3.05) is 5.32 Å². The third-order valence-electron chi connectivity index (χ3n) is 3.04. The van der Waals surface area contributed by atoms with E-state index >= 15 is 0 Å². The van der Waals surface area contributed by atoms with Gasteiger partial charge in [0.15, 0.2) is 0 Å². The van der Waals surface area contributed by atoms with Crippen LogP contribution in [0.15, 0.2) is 48.5 Å². The quantitative estimate of drug-likeness (QED) is 0.629. The van der Waals surface area contributed by atoms with E-state index in [1.807, 2.05) is 48.5 Å². The zero-order valence-corrected chi connectivity index (χ0v) is 13.9. The first-order chi connectivity index (χ1) is 10.2. The first-order valence-electron chi connectivity index (χ1n) is 6.38. The van der Waals surface area contributed by atoms with Gasteiger partial charge >= 0.3 is 0 Å². The molecule has 2 N–H and O–H groups in total. The third kappa shape index (κ3) is 3.36. The molecule has 1 heterocycles. The maximum atomic E-state index is 6.22. The maximum absolute atomic E-state index is 6.22. The van der Waals surface area contributed by atoms with Crippen molar-refractivity contribution < 1.29 is 0 Å². The molecule has 0 bridgehead atoms. The zero-order valence-electron chi connectivity index (χ0n) is 11.0. The van der Waals surface area contributed by atoms with Gasteiger partial charge in [-0.05, 0) is 40.8 Å². The summed E-state index contributed by atoms with van der Waals surface area (Å²) < 4.78 is 1.11. The number of benzene rings is 2. The molecule has 1 aromatic heterocycles. The predicted octanol–water partition coefficient (Wildman–Crippen LogP) is 4.34. The van der Waals surface area contributed by atoms with Crippen molar-refractivity contribution in [2.45, 2.75) is 6.54 Å². The van der Waals surface area contributed by atoms with E-state index in [0.717, 1.165) is 26.2 Å². The summed E-state index contributed by atoms with van der Waals surface area (Å²) in [6, 6.07) is 15.9. The minimum absolute atomic E-state index is 0.557. The highest BCUT2D eigenvalue weighted by atomic mass is 127. The largest absolute Gasteiger partial charge is 0.378 e. The van der Waals surface area contributed by atoms with Crippen LogP contribution in [0.3, 0.4) is 0 Å². The van der Waals surface area contributed by atoms with Crippen molar-refractivity contribution in [3.05, 3.63) is 62.8 Å². The van der Waals surface area contributed by atoms with Gasteiger partial charge in [0.25, 0.3) is 0 Å². The van der Waals surface area contributed by atoms with E-state index in [0.29, 0.717) is 11.6 Å². The standard InChI is InChI=1S/C15H12ClIN4/c16-12-8-11(17)6-7-13(12)18-9-14-15(20-21-19-14)10-4-2-1-3-5-10/h1-8,18H,9H2,(H,19,20,21). The lowest BCUT2D eigenvalue weighted by Crippen LogP contribution is -2.02. The Labute approximate surface area is 141 Å². The Morgan fingerprint density at radius 1 is 1.10 bits per heavy atom. The molecule has 2 aromatic carbocycles. The molecule has 3 aromatic rings. The van der Waals surface area contributed by atoms with E-state index in [1.54, 1.807) is 0 Å². The van der Waals surface area contributed by atoms with Crippen LogP contribution in [-0.4, -0.2) is 15.4 Å². The van der Waals surface area contributed by atoms with Crippen LogP contribution in [0.4, 0.5) is 5.69 Å². The Balaban J connectivity index is 1.79. The summed E-state index contributed by atoms with van der Waals surface area (Å²) in [6.45, 7) is 0.557. The molecule has 0 atom stereocenters. The number of rotatable bonds is 4. The van der Waals surface area contributed by atoms with E-state index in [9.17, 15) is 0 Å². The van der Waals surface area contributed by atoms with E-state index in [-0.39, 0.29) is 0 Å². The van der Waals surface area contributed by atoms with Gasteiger partial charge in [-0.2, -0.15) is 15.4 Å². The number of hydrogen-bond acceptors (Lipinski definition) is 3. The third-order valence-corrected chi connectivity index (χ3v) is 4.03. The number of nitrogens with one attached hydrogen (secondary N) is 2. The fourth-order valence-electron chi connectivity index (χ4n) is 2.02. The van der Waals surface area contributed by atoms with Crippen molar-refractivity contribution in [3.8, 4) is 11.3 Å². The molecular weight excluding hydrogens is 399 g/mol. The summed E-state index contributed by atoms with van der Waals surface area (Å²) in [6.07, 6.45) is 0. The van der Waals surface area contributed by atoms with Crippen LogP contribution < -0.4 is 5.32 Å².